The van der Waals surface area contributed by atoms with Crippen molar-refractivity contribution in [2.75, 3.05) is 67.2 Å². The molecule has 0 radical (unpaired) electrons. The second kappa shape index (κ2) is 17.2. The molecule has 10 heteroatoms. The van der Waals surface area contributed by atoms with E-state index in [-0.39, 0.29) is 12.5 Å². The van der Waals surface area contributed by atoms with E-state index in [4.69, 9.17) is 14.3 Å². The number of amidine groups is 1. The fourth-order valence-corrected chi connectivity index (χ4v) is 5.35. The summed E-state index contributed by atoms with van der Waals surface area (Å²) in [6, 6.07) is 12.4. The van der Waals surface area contributed by atoms with Crippen LogP contribution in [0.1, 0.15) is 41.5 Å². The SMILES string of the molecule is CONCCCCCN(Cc1ccc(C2=NCCN2)cc1)C(=O)COCCN(C)Sc1c(C)cc(OC)cc1C. The maximum absolute atomic E-state index is 13.2. The fourth-order valence-electron chi connectivity index (χ4n) is 4.47. The molecule has 9 nitrogen and oxygen atoms in total. The molecule has 1 heterocycles. The van der Waals surface area contributed by atoms with Crippen LogP contribution in [0.15, 0.2) is 46.3 Å². The zero-order chi connectivity index (χ0) is 28.7. The number of unbranched alkanes of at least 4 members (excludes halogenated alkanes) is 2. The lowest BCUT2D eigenvalue weighted by atomic mass is 10.1. The molecule has 1 aliphatic heterocycles. The van der Waals surface area contributed by atoms with Gasteiger partial charge in [0.1, 0.15) is 18.2 Å². The number of aliphatic imine (C=N–C) groups is 1. The molecule has 0 aromatic heterocycles. The predicted molar refractivity (Wildman–Crippen MR) is 162 cm³/mol. The number of likely N-dealkylation sites (N-methyl/N-ethyl adjacent to an activating group) is 1. The molecule has 2 aromatic carbocycles. The number of amides is 1. The van der Waals surface area contributed by atoms with Gasteiger partial charge in [0.05, 0.1) is 27.4 Å². The van der Waals surface area contributed by atoms with Crippen molar-refractivity contribution in [2.45, 2.75) is 44.6 Å². The molecule has 0 atom stereocenters. The summed E-state index contributed by atoms with van der Waals surface area (Å²) in [6.45, 7) is 9.19. The van der Waals surface area contributed by atoms with Gasteiger partial charge in [-0.25, -0.2) is 9.79 Å². The van der Waals surface area contributed by atoms with Gasteiger partial charge >= 0.3 is 0 Å². The van der Waals surface area contributed by atoms with E-state index in [9.17, 15) is 4.79 Å². The van der Waals surface area contributed by atoms with E-state index >= 15 is 0 Å². The molecule has 1 amide bonds. The van der Waals surface area contributed by atoms with Gasteiger partial charge in [-0.1, -0.05) is 30.7 Å². The van der Waals surface area contributed by atoms with Crippen molar-refractivity contribution < 1.29 is 19.1 Å². The molecule has 40 heavy (non-hydrogen) atoms. The van der Waals surface area contributed by atoms with E-state index in [0.29, 0.717) is 26.2 Å². The predicted octanol–water partition coefficient (Wildman–Crippen LogP) is 3.97. The number of benzene rings is 2. The highest BCUT2D eigenvalue weighted by molar-refractivity contribution is 7.97. The highest BCUT2D eigenvalue weighted by Crippen LogP contribution is 2.31. The molecule has 0 unspecified atom stereocenters. The number of ether oxygens (including phenoxy) is 2. The highest BCUT2D eigenvalue weighted by Gasteiger charge is 2.16. The van der Waals surface area contributed by atoms with Crippen LogP contribution < -0.4 is 15.5 Å². The molecule has 0 saturated carbocycles. The molecule has 0 bridgehead atoms. The smallest absolute Gasteiger partial charge is 0.248 e. The molecule has 0 aliphatic carbocycles. The lowest BCUT2D eigenvalue weighted by Gasteiger charge is -2.24. The summed E-state index contributed by atoms with van der Waals surface area (Å²) in [5, 5.41) is 3.31. The minimum Gasteiger partial charge on any atom is -0.497 e. The van der Waals surface area contributed by atoms with Crippen LogP contribution >= 0.6 is 11.9 Å². The Labute approximate surface area is 243 Å². The lowest BCUT2D eigenvalue weighted by Crippen LogP contribution is -2.35. The molecule has 0 saturated heterocycles. The first kappa shape index (κ1) is 31.9. The highest BCUT2D eigenvalue weighted by atomic mass is 32.2. The summed E-state index contributed by atoms with van der Waals surface area (Å²) in [4.78, 5) is 25.7. The van der Waals surface area contributed by atoms with Crippen LogP contribution in [0.2, 0.25) is 0 Å². The number of nitrogens with one attached hydrogen (secondary N) is 2. The topological polar surface area (TPSA) is 87.7 Å². The molecule has 220 valence electrons. The van der Waals surface area contributed by atoms with Gasteiger partial charge in [-0.2, -0.15) is 0 Å². The summed E-state index contributed by atoms with van der Waals surface area (Å²) in [5.74, 6) is 1.83. The van der Waals surface area contributed by atoms with E-state index < -0.39 is 0 Å². The van der Waals surface area contributed by atoms with Crippen LogP contribution in [0.3, 0.4) is 0 Å². The number of carbonyl (C=O) groups excluding carboxylic acids is 1. The summed E-state index contributed by atoms with van der Waals surface area (Å²) in [5.41, 5.74) is 7.40. The Hall–Kier alpha value is -2.63. The van der Waals surface area contributed by atoms with Gasteiger partial charge in [-0.05, 0) is 74.5 Å². The Morgan fingerprint density at radius 2 is 1.82 bits per heavy atom. The van der Waals surface area contributed by atoms with Crippen molar-refractivity contribution in [1.29, 1.82) is 0 Å². The van der Waals surface area contributed by atoms with Crippen molar-refractivity contribution in [3.63, 3.8) is 0 Å². The van der Waals surface area contributed by atoms with Crippen LogP contribution in [0, 0.1) is 13.8 Å². The van der Waals surface area contributed by atoms with Gasteiger partial charge in [0, 0.05) is 43.2 Å². The third-order valence-corrected chi connectivity index (χ3v) is 7.99. The summed E-state index contributed by atoms with van der Waals surface area (Å²) < 4.78 is 13.4. The first-order chi connectivity index (χ1) is 19.4. The lowest BCUT2D eigenvalue weighted by molar-refractivity contribution is -0.136. The van der Waals surface area contributed by atoms with Gasteiger partial charge < -0.3 is 24.5 Å². The van der Waals surface area contributed by atoms with Gasteiger partial charge in [-0.3, -0.25) is 9.79 Å². The minimum atomic E-state index is 0.0121. The quantitative estimate of drug-likeness (QED) is 0.158. The van der Waals surface area contributed by atoms with Crippen LogP contribution in [0.4, 0.5) is 0 Å². The monoisotopic (exact) mass is 571 g/mol. The van der Waals surface area contributed by atoms with Crippen molar-refractivity contribution in [3.8, 4) is 5.75 Å². The summed E-state index contributed by atoms with van der Waals surface area (Å²) >= 11 is 1.69. The van der Waals surface area contributed by atoms with Crippen molar-refractivity contribution in [1.82, 2.24) is 20.0 Å². The molecular formula is C30H45N5O4S. The normalized spacial score (nSPS) is 12.9. The second-order valence-electron chi connectivity index (χ2n) is 9.91. The molecule has 0 spiro atoms. The number of hydrogen-bond donors (Lipinski definition) is 2. The number of carbonyl (C=O) groups is 1. The third kappa shape index (κ3) is 10.4. The second-order valence-corrected chi connectivity index (χ2v) is 11.1. The number of rotatable bonds is 18. The number of nitrogens with zero attached hydrogens (tertiary/aromatic N) is 3. The minimum absolute atomic E-state index is 0.0121. The Balaban J connectivity index is 1.49. The van der Waals surface area contributed by atoms with Crippen LogP contribution in [-0.2, 0) is 20.9 Å². The Morgan fingerprint density at radius 1 is 1.07 bits per heavy atom. The van der Waals surface area contributed by atoms with Gasteiger partial charge in [0.15, 0.2) is 0 Å². The molecule has 0 fully saturated rings. The molecule has 2 N–H and O–H groups in total. The zero-order valence-corrected chi connectivity index (χ0v) is 25.4. The number of hydroxylamine groups is 1. The first-order valence-electron chi connectivity index (χ1n) is 13.9. The van der Waals surface area contributed by atoms with E-state index in [1.54, 1.807) is 26.2 Å². The maximum Gasteiger partial charge on any atom is 0.248 e. The van der Waals surface area contributed by atoms with Crippen LogP contribution in [-0.4, -0.2) is 88.2 Å². The molecular weight excluding hydrogens is 526 g/mol. The molecule has 1 aliphatic rings. The molecule has 3 rings (SSSR count). The van der Waals surface area contributed by atoms with Gasteiger partial charge in [0.25, 0.3) is 0 Å². The summed E-state index contributed by atoms with van der Waals surface area (Å²) in [7, 11) is 5.35. The van der Waals surface area contributed by atoms with E-state index in [1.807, 2.05) is 24.1 Å². The fraction of sp³-hybridized carbons (Fsp3) is 0.533. The largest absolute Gasteiger partial charge is 0.497 e. The van der Waals surface area contributed by atoms with Crippen LogP contribution in [0.25, 0.3) is 0 Å². The van der Waals surface area contributed by atoms with E-state index in [1.165, 1.54) is 16.0 Å². The average molecular weight is 572 g/mol. The number of hydrogen-bond acceptors (Lipinski definition) is 9. The Kier molecular flexibility index (Phi) is 13.7. The third-order valence-electron chi connectivity index (χ3n) is 6.67. The first-order valence-corrected chi connectivity index (χ1v) is 14.7. The Bertz CT molecular complexity index is 1070. The van der Waals surface area contributed by atoms with E-state index in [0.717, 1.165) is 61.6 Å². The number of methoxy groups -OCH3 is 1. The molecule has 2 aromatic rings. The van der Waals surface area contributed by atoms with Crippen molar-refractivity contribution in [2.24, 2.45) is 4.99 Å². The number of aryl methyl sites for hydroxylation is 2. The standard InChI is InChI=1S/C30H45N5O4S/c1-23-19-27(37-4)20-24(2)29(23)40-34(3)17-18-39-22-28(36)35(16-8-6-7-13-33-38-5)21-25-9-11-26(12-10-25)30-31-14-15-32-30/h9-12,19-20,33H,6-8,13-18,21-22H2,1-5H3,(H,31,32). The van der Waals surface area contributed by atoms with Crippen LogP contribution in [0.5, 0.6) is 5.75 Å². The van der Waals surface area contributed by atoms with Gasteiger partial charge in [-0.15, -0.1) is 0 Å². The zero-order valence-electron chi connectivity index (χ0n) is 24.6. The van der Waals surface area contributed by atoms with Crippen molar-refractivity contribution in [3.05, 3.63) is 58.7 Å². The average Bonchev–Trinajstić information content (AvgIpc) is 3.49. The van der Waals surface area contributed by atoms with Gasteiger partial charge in [0.2, 0.25) is 5.91 Å². The van der Waals surface area contributed by atoms with Crippen molar-refractivity contribution >= 4 is 23.7 Å². The maximum atomic E-state index is 13.2. The Morgan fingerprint density at radius 3 is 2.48 bits per heavy atom. The summed E-state index contributed by atoms with van der Waals surface area (Å²) in [6.07, 6.45) is 2.93. The van der Waals surface area contributed by atoms with E-state index in [2.05, 4.69) is 58.2 Å².